The van der Waals surface area contributed by atoms with E-state index in [4.69, 9.17) is 0 Å². The van der Waals surface area contributed by atoms with E-state index in [-0.39, 0.29) is 0 Å². The molecule has 1 aliphatic heterocycles. The second-order valence-electron chi connectivity index (χ2n) is 5.65. The minimum atomic E-state index is 0.301. The Balaban J connectivity index is 2.01. The van der Waals surface area contributed by atoms with Gasteiger partial charge in [-0.25, -0.2) is 0 Å². The highest BCUT2D eigenvalue weighted by Gasteiger charge is 2.23. The third-order valence-electron chi connectivity index (χ3n) is 4.07. The Hall–Kier alpha value is -0.680. The van der Waals surface area contributed by atoms with Gasteiger partial charge in [0.15, 0.2) is 0 Å². The predicted octanol–water partition coefficient (Wildman–Crippen LogP) is 4.60. The van der Waals surface area contributed by atoms with Crippen LogP contribution in [-0.2, 0) is 0 Å². The molecule has 0 aliphatic carbocycles. The average Bonchev–Trinajstić information content (AvgIpc) is 2.77. The lowest BCUT2D eigenvalue weighted by Gasteiger charge is -2.31. The Morgan fingerprint density at radius 2 is 1.50 bits per heavy atom. The molecule has 0 unspecified atom stereocenters. The first-order valence-electron chi connectivity index (χ1n) is 7.70. The highest BCUT2D eigenvalue weighted by molar-refractivity contribution is 9.10. The third kappa shape index (κ3) is 3.99. The molecular weight excluding hydrogens is 404 g/mol. The Morgan fingerprint density at radius 1 is 0.864 bits per heavy atom. The summed E-state index contributed by atoms with van der Waals surface area (Å²) in [4.78, 5) is 2.59. The van der Waals surface area contributed by atoms with Gasteiger partial charge in [0.05, 0.1) is 6.04 Å². The van der Waals surface area contributed by atoms with Crippen LogP contribution in [0, 0.1) is 0 Å². The van der Waals surface area contributed by atoms with E-state index in [0.29, 0.717) is 6.04 Å². The van der Waals surface area contributed by atoms with Crippen LogP contribution < -0.4 is 5.32 Å². The standard InChI is InChI=1S/C18H20Br2N2/c19-16-6-1-4-14(12-16)18(15-5-2-7-17(20)13-15)22-10-3-8-21-9-11-22/h1-2,4-7,12-13,18,21H,3,8-11H2. The van der Waals surface area contributed by atoms with Crippen molar-refractivity contribution in [1.29, 1.82) is 0 Å². The molecule has 2 aromatic carbocycles. The fourth-order valence-electron chi connectivity index (χ4n) is 3.09. The van der Waals surface area contributed by atoms with E-state index in [2.05, 4.69) is 90.6 Å². The van der Waals surface area contributed by atoms with Gasteiger partial charge in [0.1, 0.15) is 0 Å². The van der Waals surface area contributed by atoms with Gasteiger partial charge in [-0.15, -0.1) is 0 Å². The second kappa shape index (κ2) is 7.73. The zero-order valence-corrected chi connectivity index (χ0v) is 15.6. The molecule has 22 heavy (non-hydrogen) atoms. The first-order chi connectivity index (χ1) is 10.7. The van der Waals surface area contributed by atoms with Gasteiger partial charge in [-0.2, -0.15) is 0 Å². The monoisotopic (exact) mass is 422 g/mol. The summed E-state index contributed by atoms with van der Waals surface area (Å²) in [5.74, 6) is 0. The van der Waals surface area contributed by atoms with Gasteiger partial charge in [0, 0.05) is 28.6 Å². The van der Waals surface area contributed by atoms with E-state index in [9.17, 15) is 0 Å². The van der Waals surface area contributed by atoms with E-state index in [1.54, 1.807) is 0 Å². The normalized spacial score (nSPS) is 16.7. The van der Waals surface area contributed by atoms with Crippen LogP contribution in [0.2, 0.25) is 0 Å². The fraction of sp³-hybridized carbons (Fsp3) is 0.333. The Morgan fingerprint density at radius 3 is 2.09 bits per heavy atom. The molecule has 0 spiro atoms. The van der Waals surface area contributed by atoms with Gasteiger partial charge >= 0.3 is 0 Å². The predicted molar refractivity (Wildman–Crippen MR) is 99.2 cm³/mol. The van der Waals surface area contributed by atoms with Crippen molar-refractivity contribution in [3.63, 3.8) is 0 Å². The maximum atomic E-state index is 3.62. The molecule has 0 bridgehead atoms. The minimum Gasteiger partial charge on any atom is -0.315 e. The summed E-state index contributed by atoms with van der Waals surface area (Å²) in [5, 5.41) is 3.50. The number of nitrogens with one attached hydrogen (secondary N) is 1. The number of halogens is 2. The van der Waals surface area contributed by atoms with Crippen molar-refractivity contribution in [2.45, 2.75) is 12.5 Å². The molecule has 2 nitrogen and oxygen atoms in total. The average molecular weight is 424 g/mol. The molecule has 2 aromatic rings. The fourth-order valence-corrected chi connectivity index (χ4v) is 3.93. The number of rotatable bonds is 3. The van der Waals surface area contributed by atoms with Gasteiger partial charge < -0.3 is 5.32 Å². The van der Waals surface area contributed by atoms with Crippen LogP contribution in [0.25, 0.3) is 0 Å². The van der Waals surface area contributed by atoms with Crippen molar-refractivity contribution in [2.75, 3.05) is 26.2 Å². The van der Waals surface area contributed by atoms with Gasteiger partial charge in [0.2, 0.25) is 0 Å². The van der Waals surface area contributed by atoms with Crippen LogP contribution in [0.5, 0.6) is 0 Å². The molecule has 0 aromatic heterocycles. The molecule has 1 saturated heterocycles. The molecule has 0 atom stereocenters. The quantitative estimate of drug-likeness (QED) is 0.776. The van der Waals surface area contributed by atoms with E-state index in [1.165, 1.54) is 17.5 Å². The summed E-state index contributed by atoms with van der Waals surface area (Å²) < 4.78 is 2.27. The summed E-state index contributed by atoms with van der Waals surface area (Å²) in [6.45, 7) is 4.36. The topological polar surface area (TPSA) is 15.3 Å². The lowest BCUT2D eigenvalue weighted by molar-refractivity contribution is 0.241. The summed E-state index contributed by atoms with van der Waals surface area (Å²) in [7, 11) is 0. The molecule has 3 rings (SSSR count). The molecule has 0 radical (unpaired) electrons. The maximum Gasteiger partial charge on any atom is 0.0603 e. The van der Waals surface area contributed by atoms with Gasteiger partial charge in [0.25, 0.3) is 0 Å². The molecule has 1 heterocycles. The van der Waals surface area contributed by atoms with Crippen molar-refractivity contribution in [2.24, 2.45) is 0 Å². The molecule has 1 aliphatic rings. The number of hydrogen-bond acceptors (Lipinski definition) is 2. The van der Waals surface area contributed by atoms with Crippen molar-refractivity contribution in [3.05, 3.63) is 68.6 Å². The summed E-state index contributed by atoms with van der Waals surface area (Å²) in [6.07, 6.45) is 1.19. The van der Waals surface area contributed by atoms with Crippen molar-refractivity contribution in [1.82, 2.24) is 10.2 Å². The van der Waals surface area contributed by atoms with Crippen LogP contribution >= 0.6 is 31.9 Å². The van der Waals surface area contributed by atoms with Gasteiger partial charge in [-0.05, 0) is 48.4 Å². The first-order valence-corrected chi connectivity index (χ1v) is 9.28. The highest BCUT2D eigenvalue weighted by atomic mass is 79.9. The summed E-state index contributed by atoms with van der Waals surface area (Å²) in [5.41, 5.74) is 2.68. The molecule has 4 heteroatoms. The van der Waals surface area contributed by atoms with Crippen molar-refractivity contribution >= 4 is 31.9 Å². The Kier molecular flexibility index (Phi) is 5.69. The van der Waals surface area contributed by atoms with E-state index >= 15 is 0 Å². The van der Waals surface area contributed by atoms with Gasteiger partial charge in [-0.1, -0.05) is 56.1 Å². The van der Waals surface area contributed by atoms with Crippen molar-refractivity contribution < 1.29 is 0 Å². The molecule has 0 amide bonds. The number of nitrogens with zero attached hydrogens (tertiary/aromatic N) is 1. The Bertz CT molecular complexity index is 576. The van der Waals surface area contributed by atoms with Gasteiger partial charge in [-0.3, -0.25) is 4.90 Å². The van der Waals surface area contributed by atoms with E-state index < -0.39 is 0 Å². The Labute approximate surface area is 149 Å². The second-order valence-corrected chi connectivity index (χ2v) is 7.48. The molecule has 0 saturated carbocycles. The first kappa shape index (κ1) is 16.2. The SMILES string of the molecule is Brc1cccc(C(c2cccc(Br)c2)N2CCCNCC2)c1. The number of benzene rings is 2. The van der Waals surface area contributed by atoms with Crippen LogP contribution in [0.4, 0.5) is 0 Å². The van der Waals surface area contributed by atoms with E-state index in [0.717, 1.165) is 35.1 Å². The summed E-state index contributed by atoms with van der Waals surface area (Å²) >= 11 is 7.23. The smallest absolute Gasteiger partial charge is 0.0603 e. The summed E-state index contributed by atoms with van der Waals surface area (Å²) in [6, 6.07) is 17.7. The molecule has 1 fully saturated rings. The molecular formula is C18H20Br2N2. The minimum absolute atomic E-state index is 0.301. The van der Waals surface area contributed by atoms with Crippen molar-refractivity contribution in [3.8, 4) is 0 Å². The largest absolute Gasteiger partial charge is 0.315 e. The van der Waals surface area contributed by atoms with Crippen LogP contribution in [0.3, 0.4) is 0 Å². The number of hydrogen-bond donors (Lipinski definition) is 1. The zero-order valence-electron chi connectivity index (χ0n) is 12.4. The van der Waals surface area contributed by atoms with Crippen LogP contribution in [-0.4, -0.2) is 31.1 Å². The lowest BCUT2D eigenvalue weighted by Crippen LogP contribution is -2.33. The zero-order chi connectivity index (χ0) is 15.4. The highest BCUT2D eigenvalue weighted by Crippen LogP contribution is 2.32. The molecule has 116 valence electrons. The van der Waals surface area contributed by atoms with E-state index in [1.807, 2.05) is 0 Å². The van der Waals surface area contributed by atoms with Crippen LogP contribution in [0.1, 0.15) is 23.6 Å². The maximum absolute atomic E-state index is 3.62. The third-order valence-corrected chi connectivity index (χ3v) is 5.06. The molecule has 1 N–H and O–H groups in total. The lowest BCUT2D eigenvalue weighted by atomic mass is 9.97. The van der Waals surface area contributed by atoms with Crippen LogP contribution in [0.15, 0.2) is 57.5 Å².